The Morgan fingerprint density at radius 1 is 1.40 bits per heavy atom. The highest BCUT2D eigenvalue weighted by molar-refractivity contribution is 5.69. The van der Waals surface area contributed by atoms with E-state index in [9.17, 15) is 0 Å². The highest BCUT2D eigenvalue weighted by atomic mass is 14.9. The summed E-state index contributed by atoms with van der Waals surface area (Å²) in [6.07, 6.45) is 1.89. The molecule has 2 rings (SSSR count). The van der Waals surface area contributed by atoms with Crippen LogP contribution in [-0.4, -0.2) is 6.54 Å². The van der Waals surface area contributed by atoms with Crippen LogP contribution in [0.15, 0.2) is 30.3 Å². The standard InChI is InChI=1S/C9H9N/c1-2-6-9-8(4-1)5-3-7-10-9/h1-6,10H,7H2/i3D. The van der Waals surface area contributed by atoms with E-state index in [0.29, 0.717) is 12.6 Å². The van der Waals surface area contributed by atoms with Gasteiger partial charge < -0.3 is 5.32 Å². The van der Waals surface area contributed by atoms with E-state index < -0.39 is 0 Å². The molecular weight excluding hydrogens is 122 g/mol. The number of anilines is 1. The molecule has 0 radical (unpaired) electrons. The van der Waals surface area contributed by atoms with Crippen molar-refractivity contribution in [1.82, 2.24) is 0 Å². The topological polar surface area (TPSA) is 12.0 Å². The maximum Gasteiger partial charge on any atom is 0.0595 e. The molecule has 0 spiro atoms. The summed E-state index contributed by atoms with van der Waals surface area (Å²) in [6, 6.07) is 8.65. The first-order valence-corrected chi connectivity index (χ1v) is 3.36. The van der Waals surface area contributed by atoms with Crippen molar-refractivity contribution in [1.29, 1.82) is 0 Å². The van der Waals surface area contributed by atoms with Crippen LogP contribution in [0.2, 0.25) is 0 Å². The highest BCUT2D eigenvalue weighted by Gasteiger charge is 1.98. The fourth-order valence-corrected chi connectivity index (χ4v) is 1.09. The molecule has 1 nitrogen and oxygen atoms in total. The predicted molar refractivity (Wildman–Crippen MR) is 44.0 cm³/mol. The van der Waals surface area contributed by atoms with Crippen LogP contribution in [0, 0.1) is 0 Å². The lowest BCUT2D eigenvalue weighted by atomic mass is 10.1. The van der Waals surface area contributed by atoms with Crippen LogP contribution < -0.4 is 5.32 Å². The summed E-state index contributed by atoms with van der Waals surface area (Å²) in [6.45, 7) is 0.650. The molecule has 1 heteroatoms. The summed E-state index contributed by atoms with van der Waals surface area (Å²) < 4.78 is 7.40. The minimum absolute atomic E-state index is 0.642. The predicted octanol–water partition coefficient (Wildman–Crippen LogP) is 2.13. The van der Waals surface area contributed by atoms with E-state index >= 15 is 0 Å². The Morgan fingerprint density at radius 2 is 2.30 bits per heavy atom. The third-order valence-electron chi connectivity index (χ3n) is 1.60. The second kappa shape index (κ2) is 2.18. The van der Waals surface area contributed by atoms with Crippen molar-refractivity contribution in [3.8, 4) is 0 Å². The van der Waals surface area contributed by atoms with E-state index in [-0.39, 0.29) is 0 Å². The van der Waals surface area contributed by atoms with Gasteiger partial charge in [0.15, 0.2) is 0 Å². The number of rotatable bonds is 0. The molecule has 0 aromatic heterocycles. The number of para-hydroxylation sites is 1. The van der Waals surface area contributed by atoms with E-state index in [4.69, 9.17) is 1.37 Å². The lowest BCUT2D eigenvalue weighted by Crippen LogP contribution is -2.03. The molecule has 0 atom stereocenters. The first-order valence-electron chi connectivity index (χ1n) is 3.86. The molecule has 1 aromatic carbocycles. The smallest absolute Gasteiger partial charge is 0.0595 e. The minimum atomic E-state index is 0.642. The van der Waals surface area contributed by atoms with Gasteiger partial charge in [-0.1, -0.05) is 30.3 Å². The summed E-state index contributed by atoms with van der Waals surface area (Å²) >= 11 is 0. The van der Waals surface area contributed by atoms with Crippen molar-refractivity contribution < 1.29 is 1.37 Å². The summed E-state index contributed by atoms with van der Waals surface area (Å²) in [5.74, 6) is 0. The number of fused-ring (bicyclic) bond motifs is 1. The molecule has 0 fully saturated rings. The molecule has 50 valence electrons. The number of nitrogens with one attached hydrogen (secondary N) is 1. The molecule has 0 bridgehead atoms. The summed E-state index contributed by atoms with van der Waals surface area (Å²) in [5.41, 5.74) is 2.24. The third kappa shape index (κ3) is 0.798. The molecule has 0 amide bonds. The van der Waals surface area contributed by atoms with Gasteiger partial charge in [0.05, 0.1) is 1.37 Å². The van der Waals surface area contributed by atoms with Gasteiger partial charge in [0.25, 0.3) is 0 Å². The quantitative estimate of drug-likeness (QED) is 0.570. The second-order valence-electron chi connectivity index (χ2n) is 2.29. The van der Waals surface area contributed by atoms with Gasteiger partial charge in [-0.05, 0) is 11.6 Å². The van der Waals surface area contributed by atoms with Gasteiger partial charge in [0.2, 0.25) is 0 Å². The fourth-order valence-electron chi connectivity index (χ4n) is 1.09. The summed E-state index contributed by atoms with van der Waals surface area (Å²) in [4.78, 5) is 0. The highest BCUT2D eigenvalue weighted by Crippen LogP contribution is 2.18. The lowest BCUT2D eigenvalue weighted by Gasteiger charge is -2.11. The first-order chi connectivity index (χ1) is 5.36. The van der Waals surface area contributed by atoms with E-state index in [0.717, 1.165) is 11.3 Å². The average molecular weight is 132 g/mol. The Labute approximate surface area is 61.8 Å². The number of hydrogen-bond acceptors (Lipinski definition) is 1. The van der Waals surface area contributed by atoms with E-state index in [1.54, 1.807) is 0 Å². The Morgan fingerprint density at radius 3 is 3.30 bits per heavy atom. The maximum atomic E-state index is 7.40. The average Bonchev–Trinajstić information content (AvgIpc) is 2.04. The Balaban J connectivity index is 2.51. The molecule has 1 aliphatic rings. The molecule has 1 heterocycles. The zero-order valence-electron chi connectivity index (χ0n) is 6.59. The van der Waals surface area contributed by atoms with Crippen molar-refractivity contribution in [2.45, 2.75) is 0 Å². The molecule has 10 heavy (non-hydrogen) atoms. The normalized spacial score (nSPS) is 16.4. The first kappa shape index (κ1) is 4.56. The van der Waals surface area contributed by atoms with Crippen LogP contribution >= 0.6 is 0 Å². The largest absolute Gasteiger partial charge is 0.381 e. The SMILES string of the molecule is [2H]C1=Cc2ccccc2NC1. The third-order valence-corrected chi connectivity index (χ3v) is 1.60. The molecule has 1 aliphatic heterocycles. The van der Waals surface area contributed by atoms with Crippen molar-refractivity contribution in [3.05, 3.63) is 35.9 Å². The van der Waals surface area contributed by atoms with Crippen LogP contribution in [0.5, 0.6) is 0 Å². The summed E-state index contributed by atoms with van der Waals surface area (Å²) in [5, 5.41) is 3.16. The number of hydrogen-bond donors (Lipinski definition) is 1. The molecule has 1 aromatic rings. The van der Waals surface area contributed by atoms with Gasteiger partial charge in [-0.25, -0.2) is 0 Å². The van der Waals surface area contributed by atoms with Gasteiger partial charge in [0, 0.05) is 12.2 Å². The molecule has 0 saturated carbocycles. The summed E-state index contributed by atoms with van der Waals surface area (Å²) in [7, 11) is 0. The Hall–Kier alpha value is -1.24. The maximum absolute atomic E-state index is 7.40. The van der Waals surface area contributed by atoms with E-state index in [1.807, 2.05) is 30.3 Å². The molecular formula is C9H9N. The molecule has 0 aliphatic carbocycles. The van der Waals surface area contributed by atoms with E-state index in [2.05, 4.69) is 5.32 Å². The fraction of sp³-hybridized carbons (Fsp3) is 0.111. The van der Waals surface area contributed by atoms with Crippen LogP contribution in [0.4, 0.5) is 5.69 Å². The second-order valence-corrected chi connectivity index (χ2v) is 2.29. The van der Waals surface area contributed by atoms with Gasteiger partial charge in [-0.2, -0.15) is 0 Å². The zero-order valence-corrected chi connectivity index (χ0v) is 5.59. The van der Waals surface area contributed by atoms with Crippen molar-refractivity contribution in [3.63, 3.8) is 0 Å². The van der Waals surface area contributed by atoms with Gasteiger partial charge in [0.1, 0.15) is 0 Å². The van der Waals surface area contributed by atoms with Crippen molar-refractivity contribution in [2.75, 3.05) is 11.9 Å². The Bertz CT molecular complexity index is 304. The number of benzene rings is 1. The van der Waals surface area contributed by atoms with Crippen molar-refractivity contribution in [2.24, 2.45) is 0 Å². The van der Waals surface area contributed by atoms with Gasteiger partial charge in [-0.3, -0.25) is 0 Å². The van der Waals surface area contributed by atoms with E-state index in [1.165, 1.54) is 0 Å². The van der Waals surface area contributed by atoms with Crippen LogP contribution in [0.3, 0.4) is 0 Å². The van der Waals surface area contributed by atoms with Crippen LogP contribution in [0.1, 0.15) is 6.93 Å². The Kier molecular flexibility index (Phi) is 0.992. The monoisotopic (exact) mass is 132 g/mol. The molecule has 1 N–H and O–H groups in total. The van der Waals surface area contributed by atoms with Crippen LogP contribution in [0.25, 0.3) is 6.08 Å². The minimum Gasteiger partial charge on any atom is -0.381 e. The van der Waals surface area contributed by atoms with Crippen molar-refractivity contribution >= 4 is 11.8 Å². The lowest BCUT2D eigenvalue weighted by molar-refractivity contribution is 1.31. The van der Waals surface area contributed by atoms with Gasteiger partial charge in [-0.15, -0.1) is 0 Å². The molecule has 0 unspecified atom stereocenters. The van der Waals surface area contributed by atoms with Crippen LogP contribution in [-0.2, 0) is 0 Å². The molecule has 0 saturated heterocycles. The zero-order chi connectivity index (χ0) is 7.68. The van der Waals surface area contributed by atoms with Gasteiger partial charge >= 0.3 is 0 Å².